The zero-order valence-electron chi connectivity index (χ0n) is 8.25. The second kappa shape index (κ2) is 4.74. The monoisotopic (exact) mass is 237 g/mol. The Kier molecular flexibility index (Phi) is 3.35. The Hall–Kier alpha value is -0.910. The molecule has 1 atom stereocenters. The van der Waals surface area contributed by atoms with Crippen molar-refractivity contribution in [3.05, 3.63) is 36.2 Å². The molecule has 0 aliphatic rings. The van der Waals surface area contributed by atoms with Crippen molar-refractivity contribution < 1.29 is 0 Å². The summed E-state index contributed by atoms with van der Waals surface area (Å²) < 4.78 is 4.92. The molecule has 1 heterocycles. The maximum atomic E-state index is 5.90. The molecule has 0 aliphatic heterocycles. The van der Waals surface area contributed by atoms with Gasteiger partial charge < -0.3 is 5.73 Å². The molecule has 1 aromatic carbocycles. The minimum Gasteiger partial charge on any atom is -0.324 e. The summed E-state index contributed by atoms with van der Waals surface area (Å²) in [5.74, 6) is 0. The molecule has 0 unspecified atom stereocenters. The van der Waals surface area contributed by atoms with Crippen molar-refractivity contribution in [3.8, 4) is 0 Å². The predicted octanol–water partition coefficient (Wildman–Crippen LogP) is 2.71. The molecule has 1 aromatic heterocycles. The van der Waals surface area contributed by atoms with E-state index in [-0.39, 0.29) is 6.04 Å². The fraction of sp³-hybridized carbons (Fsp3) is 0.200. The minimum absolute atomic E-state index is 0.0432. The molecular weight excluding hydrogens is 226 g/mol. The van der Waals surface area contributed by atoms with E-state index in [0.29, 0.717) is 0 Å². The summed E-state index contributed by atoms with van der Waals surface area (Å²) in [6.07, 6.45) is 1.57. The van der Waals surface area contributed by atoms with Crippen LogP contribution in [-0.4, -0.2) is 9.36 Å². The van der Waals surface area contributed by atoms with Crippen LogP contribution in [-0.2, 0) is 0 Å². The summed E-state index contributed by atoms with van der Waals surface area (Å²) in [7, 11) is 0. The molecule has 0 fully saturated rings. The molecular formula is C10H11N3S2. The van der Waals surface area contributed by atoms with Gasteiger partial charge in [0.15, 0.2) is 4.34 Å². The fourth-order valence-corrected chi connectivity index (χ4v) is 2.88. The van der Waals surface area contributed by atoms with Crippen LogP contribution >= 0.6 is 23.3 Å². The minimum atomic E-state index is 0.0432. The molecule has 0 amide bonds. The average Bonchev–Trinajstić information content (AvgIpc) is 2.71. The molecule has 2 aromatic rings. The van der Waals surface area contributed by atoms with Crippen molar-refractivity contribution >= 4 is 23.3 Å². The molecule has 2 rings (SSSR count). The molecule has 0 aliphatic carbocycles. The third-order valence-corrected chi connectivity index (χ3v) is 3.75. The van der Waals surface area contributed by atoms with Crippen LogP contribution in [0.2, 0.25) is 0 Å². The van der Waals surface area contributed by atoms with Gasteiger partial charge in [-0.2, -0.15) is 4.37 Å². The van der Waals surface area contributed by atoms with Gasteiger partial charge in [-0.1, -0.05) is 30.0 Å². The molecule has 0 bridgehead atoms. The molecule has 15 heavy (non-hydrogen) atoms. The summed E-state index contributed by atoms with van der Waals surface area (Å²) >= 11 is 3.01. The highest BCUT2D eigenvalue weighted by Crippen LogP contribution is 2.32. The first-order valence-electron chi connectivity index (χ1n) is 4.56. The topological polar surface area (TPSA) is 51.8 Å². The van der Waals surface area contributed by atoms with Crippen LogP contribution in [0.1, 0.15) is 18.5 Å². The van der Waals surface area contributed by atoms with Gasteiger partial charge in [0.1, 0.15) is 6.33 Å². The molecule has 2 N–H and O–H groups in total. The van der Waals surface area contributed by atoms with E-state index < -0.39 is 0 Å². The van der Waals surface area contributed by atoms with Crippen molar-refractivity contribution in [3.63, 3.8) is 0 Å². The van der Waals surface area contributed by atoms with Crippen molar-refractivity contribution in [2.45, 2.75) is 22.2 Å². The molecule has 0 saturated carbocycles. The van der Waals surface area contributed by atoms with Crippen LogP contribution in [0.5, 0.6) is 0 Å². The second-order valence-electron chi connectivity index (χ2n) is 3.14. The summed E-state index contributed by atoms with van der Waals surface area (Å²) in [6, 6.07) is 8.17. The van der Waals surface area contributed by atoms with Gasteiger partial charge in [-0.15, -0.1) is 0 Å². The lowest BCUT2D eigenvalue weighted by atomic mass is 10.1. The first-order valence-corrected chi connectivity index (χ1v) is 6.15. The fourth-order valence-electron chi connectivity index (χ4n) is 1.25. The van der Waals surface area contributed by atoms with Gasteiger partial charge in [-0.05, 0) is 30.1 Å². The summed E-state index contributed by atoms with van der Waals surface area (Å²) in [5, 5.41) is 0. The smallest absolute Gasteiger partial charge is 0.174 e. The van der Waals surface area contributed by atoms with E-state index in [2.05, 4.69) is 15.4 Å². The SMILES string of the molecule is C[C@H](N)c1ccccc1Sc1ncns1. The number of rotatable bonds is 3. The third kappa shape index (κ3) is 2.56. The van der Waals surface area contributed by atoms with Crippen LogP contribution in [0, 0.1) is 0 Å². The zero-order chi connectivity index (χ0) is 10.7. The Labute approximate surface area is 96.9 Å². The van der Waals surface area contributed by atoms with Crippen LogP contribution in [0.25, 0.3) is 0 Å². The Morgan fingerprint density at radius 2 is 2.20 bits per heavy atom. The van der Waals surface area contributed by atoms with Crippen molar-refractivity contribution in [2.24, 2.45) is 5.73 Å². The summed E-state index contributed by atoms with van der Waals surface area (Å²) in [4.78, 5) is 5.30. The van der Waals surface area contributed by atoms with Crippen LogP contribution in [0.15, 0.2) is 39.8 Å². The second-order valence-corrected chi connectivity index (χ2v) is 5.20. The van der Waals surface area contributed by atoms with Gasteiger partial charge in [0.05, 0.1) is 0 Å². The first-order chi connectivity index (χ1) is 7.27. The Morgan fingerprint density at radius 1 is 1.40 bits per heavy atom. The lowest BCUT2D eigenvalue weighted by Gasteiger charge is -2.10. The molecule has 78 valence electrons. The van der Waals surface area contributed by atoms with Gasteiger partial charge in [0.25, 0.3) is 0 Å². The number of hydrogen-bond acceptors (Lipinski definition) is 5. The maximum Gasteiger partial charge on any atom is 0.174 e. The van der Waals surface area contributed by atoms with E-state index in [1.54, 1.807) is 18.1 Å². The van der Waals surface area contributed by atoms with Gasteiger partial charge in [0.2, 0.25) is 0 Å². The number of aromatic nitrogens is 2. The van der Waals surface area contributed by atoms with Crippen LogP contribution < -0.4 is 5.73 Å². The van der Waals surface area contributed by atoms with E-state index in [1.165, 1.54) is 11.5 Å². The lowest BCUT2D eigenvalue weighted by Crippen LogP contribution is -2.05. The quantitative estimate of drug-likeness (QED) is 0.891. The normalized spacial score (nSPS) is 12.7. The molecule has 5 heteroatoms. The van der Waals surface area contributed by atoms with E-state index in [0.717, 1.165) is 14.8 Å². The summed E-state index contributed by atoms with van der Waals surface area (Å²) in [5.41, 5.74) is 7.05. The highest BCUT2D eigenvalue weighted by atomic mass is 32.2. The highest BCUT2D eigenvalue weighted by molar-refractivity contribution is 8.01. The zero-order valence-corrected chi connectivity index (χ0v) is 9.89. The van der Waals surface area contributed by atoms with Gasteiger partial charge in [0, 0.05) is 10.9 Å². The van der Waals surface area contributed by atoms with Crippen LogP contribution in [0.3, 0.4) is 0 Å². The average molecular weight is 237 g/mol. The standard InChI is InChI=1S/C10H11N3S2/c1-7(11)8-4-2-3-5-9(8)14-10-12-6-13-15-10/h2-7H,11H2,1H3/t7-/m0/s1. The van der Waals surface area contributed by atoms with E-state index >= 15 is 0 Å². The lowest BCUT2D eigenvalue weighted by molar-refractivity contribution is 0.797. The molecule has 0 spiro atoms. The van der Waals surface area contributed by atoms with E-state index in [9.17, 15) is 0 Å². The van der Waals surface area contributed by atoms with Gasteiger partial charge >= 0.3 is 0 Å². The Morgan fingerprint density at radius 3 is 2.87 bits per heavy atom. The van der Waals surface area contributed by atoms with E-state index in [1.807, 2.05) is 25.1 Å². The van der Waals surface area contributed by atoms with Gasteiger partial charge in [-0.25, -0.2) is 4.98 Å². The Balaban J connectivity index is 2.28. The number of nitrogens with zero attached hydrogens (tertiary/aromatic N) is 2. The Bertz CT molecular complexity index is 426. The molecule has 0 saturated heterocycles. The number of benzene rings is 1. The largest absolute Gasteiger partial charge is 0.324 e. The molecule has 3 nitrogen and oxygen atoms in total. The number of hydrogen-bond donors (Lipinski definition) is 1. The van der Waals surface area contributed by atoms with Crippen LogP contribution in [0.4, 0.5) is 0 Å². The third-order valence-electron chi connectivity index (χ3n) is 1.95. The first kappa shape index (κ1) is 10.6. The van der Waals surface area contributed by atoms with Crippen molar-refractivity contribution in [2.75, 3.05) is 0 Å². The van der Waals surface area contributed by atoms with E-state index in [4.69, 9.17) is 5.73 Å². The maximum absolute atomic E-state index is 5.90. The molecule has 0 radical (unpaired) electrons. The number of nitrogens with two attached hydrogens (primary N) is 1. The van der Waals surface area contributed by atoms with Crippen molar-refractivity contribution in [1.82, 2.24) is 9.36 Å². The van der Waals surface area contributed by atoms with Crippen molar-refractivity contribution in [1.29, 1.82) is 0 Å². The highest BCUT2D eigenvalue weighted by Gasteiger charge is 2.08. The van der Waals surface area contributed by atoms with Gasteiger partial charge in [-0.3, -0.25) is 0 Å². The predicted molar refractivity (Wildman–Crippen MR) is 63.1 cm³/mol. The summed E-state index contributed by atoms with van der Waals surface area (Å²) in [6.45, 7) is 1.99.